The summed E-state index contributed by atoms with van der Waals surface area (Å²) in [5.74, 6) is 1.56. The molecule has 6 nitrogen and oxygen atoms in total. The van der Waals surface area contributed by atoms with Crippen LogP contribution in [-0.4, -0.2) is 67.9 Å². The van der Waals surface area contributed by atoms with Gasteiger partial charge >= 0.3 is 0 Å². The van der Waals surface area contributed by atoms with Gasteiger partial charge in [0, 0.05) is 56.3 Å². The Labute approximate surface area is 208 Å². The third-order valence-electron chi connectivity index (χ3n) is 5.67. The van der Waals surface area contributed by atoms with Crippen LogP contribution in [0, 0.1) is 6.92 Å². The number of carbonyl (C=O) groups excluding carboxylic acids is 1. The van der Waals surface area contributed by atoms with E-state index in [1.54, 1.807) is 30.2 Å². The molecule has 176 valence electrons. The number of carbonyl (C=O) groups is 1. The third kappa shape index (κ3) is 6.32. The molecule has 0 spiro atoms. The summed E-state index contributed by atoms with van der Waals surface area (Å²) in [5.41, 5.74) is 2.08. The van der Waals surface area contributed by atoms with Crippen LogP contribution in [-0.2, 0) is 4.79 Å². The van der Waals surface area contributed by atoms with Crippen LogP contribution in [0.5, 0.6) is 5.75 Å². The van der Waals surface area contributed by atoms with Crippen molar-refractivity contribution in [3.05, 3.63) is 47.0 Å². The maximum atomic E-state index is 12.1. The number of hydrogen-bond acceptors (Lipinski definition) is 7. The first kappa shape index (κ1) is 24.1. The van der Waals surface area contributed by atoms with E-state index in [2.05, 4.69) is 46.3 Å². The Hall–Kier alpha value is -2.00. The van der Waals surface area contributed by atoms with Crippen LogP contribution >= 0.6 is 34.7 Å². The fourth-order valence-corrected chi connectivity index (χ4v) is 5.86. The second-order valence-electron chi connectivity index (χ2n) is 8.01. The molecule has 1 fully saturated rings. The van der Waals surface area contributed by atoms with Crippen molar-refractivity contribution >= 4 is 56.0 Å². The minimum absolute atomic E-state index is 0.121. The van der Waals surface area contributed by atoms with Gasteiger partial charge in [0.05, 0.1) is 16.8 Å². The molecule has 2 aromatic carbocycles. The van der Waals surface area contributed by atoms with E-state index < -0.39 is 0 Å². The van der Waals surface area contributed by atoms with Crippen LogP contribution in [0.1, 0.15) is 12.0 Å². The normalized spacial score (nSPS) is 14.6. The zero-order valence-electron chi connectivity index (χ0n) is 19.0. The molecule has 0 aliphatic carbocycles. The molecule has 0 bridgehead atoms. The number of nitrogens with zero attached hydrogens (tertiary/aromatic N) is 3. The molecular formula is C24H29ClN4O2S2. The van der Waals surface area contributed by atoms with Gasteiger partial charge in [-0.3, -0.25) is 9.69 Å². The average molecular weight is 505 g/mol. The number of halogens is 1. The number of thiazole rings is 1. The average Bonchev–Trinajstić information content (AvgIpc) is 3.25. The maximum Gasteiger partial charge on any atom is 0.220 e. The molecule has 1 aliphatic heterocycles. The van der Waals surface area contributed by atoms with Crippen LogP contribution in [0.25, 0.3) is 10.2 Å². The Morgan fingerprint density at radius 3 is 2.67 bits per heavy atom. The maximum absolute atomic E-state index is 12.1. The number of anilines is 1. The predicted molar refractivity (Wildman–Crippen MR) is 139 cm³/mol. The lowest BCUT2D eigenvalue weighted by Crippen LogP contribution is -2.48. The van der Waals surface area contributed by atoms with Crippen LogP contribution in [0.3, 0.4) is 0 Å². The van der Waals surface area contributed by atoms with Crippen molar-refractivity contribution in [2.45, 2.75) is 18.2 Å². The number of aryl methyl sites for hydroxylation is 1. The molecule has 9 heteroatoms. The molecule has 33 heavy (non-hydrogen) atoms. The third-order valence-corrected chi connectivity index (χ3v) is 8.06. The van der Waals surface area contributed by atoms with Crippen LogP contribution in [0.2, 0.25) is 5.02 Å². The lowest BCUT2D eigenvalue weighted by atomic mass is 10.2. The highest BCUT2D eigenvalue weighted by Crippen LogP contribution is 2.38. The number of benzene rings is 2. The monoisotopic (exact) mass is 504 g/mol. The molecule has 0 radical (unpaired) electrons. The topological polar surface area (TPSA) is 57.7 Å². The van der Waals surface area contributed by atoms with Crippen LogP contribution in [0.4, 0.5) is 5.13 Å². The van der Waals surface area contributed by atoms with Gasteiger partial charge in [-0.2, -0.15) is 0 Å². The van der Waals surface area contributed by atoms with E-state index in [1.165, 1.54) is 10.5 Å². The van der Waals surface area contributed by atoms with Gasteiger partial charge < -0.3 is 15.0 Å². The summed E-state index contributed by atoms with van der Waals surface area (Å²) in [6, 6.07) is 12.3. The van der Waals surface area contributed by atoms with Crippen molar-refractivity contribution in [1.82, 2.24) is 15.2 Å². The smallest absolute Gasteiger partial charge is 0.220 e. The van der Waals surface area contributed by atoms with Crippen molar-refractivity contribution in [2.75, 3.05) is 57.0 Å². The van der Waals surface area contributed by atoms with Gasteiger partial charge in [0.15, 0.2) is 10.9 Å². The quantitative estimate of drug-likeness (QED) is 0.427. The Kier molecular flexibility index (Phi) is 8.35. The number of amides is 1. The molecule has 0 unspecified atom stereocenters. The number of hydrogen-bond donors (Lipinski definition) is 1. The summed E-state index contributed by atoms with van der Waals surface area (Å²) in [5, 5.41) is 4.65. The fourth-order valence-electron chi connectivity index (χ4n) is 3.76. The zero-order valence-corrected chi connectivity index (χ0v) is 21.4. The molecule has 1 aliphatic rings. The molecule has 1 amide bonds. The van der Waals surface area contributed by atoms with Crippen LogP contribution in [0.15, 0.2) is 41.3 Å². The molecule has 4 rings (SSSR count). The lowest BCUT2D eigenvalue weighted by Gasteiger charge is -2.34. The largest absolute Gasteiger partial charge is 0.493 e. The van der Waals surface area contributed by atoms with Crippen molar-refractivity contribution in [3.63, 3.8) is 0 Å². The Morgan fingerprint density at radius 2 is 1.94 bits per heavy atom. The summed E-state index contributed by atoms with van der Waals surface area (Å²) in [6.07, 6.45) is 0.539. The van der Waals surface area contributed by atoms with E-state index in [1.807, 2.05) is 12.1 Å². The minimum atomic E-state index is 0.121. The van der Waals surface area contributed by atoms with Crippen LogP contribution < -0.4 is 15.0 Å². The molecule has 1 aromatic heterocycles. The summed E-state index contributed by atoms with van der Waals surface area (Å²) in [7, 11) is 1.63. The minimum Gasteiger partial charge on any atom is -0.493 e. The number of ether oxygens (including phenoxy) is 1. The first-order valence-electron chi connectivity index (χ1n) is 11.1. The highest BCUT2D eigenvalue weighted by molar-refractivity contribution is 7.99. The van der Waals surface area contributed by atoms with E-state index >= 15 is 0 Å². The molecule has 0 atom stereocenters. The molecule has 2 heterocycles. The Morgan fingerprint density at radius 1 is 1.18 bits per heavy atom. The van der Waals surface area contributed by atoms with E-state index in [0.717, 1.165) is 53.8 Å². The van der Waals surface area contributed by atoms with Crippen molar-refractivity contribution in [2.24, 2.45) is 0 Å². The van der Waals surface area contributed by atoms with E-state index in [4.69, 9.17) is 21.3 Å². The highest BCUT2D eigenvalue weighted by atomic mass is 35.5. The van der Waals surface area contributed by atoms with E-state index in [9.17, 15) is 4.79 Å². The van der Waals surface area contributed by atoms with Gasteiger partial charge in [0.2, 0.25) is 5.91 Å². The molecule has 3 aromatic rings. The zero-order chi connectivity index (χ0) is 23.2. The van der Waals surface area contributed by atoms with Crippen molar-refractivity contribution in [1.29, 1.82) is 0 Å². The molecule has 0 saturated carbocycles. The standard InChI is InChI=1S/C24H29ClN4O2S2/c1-17-3-5-18(6-4-17)32-16-9-21(30)26-10-11-28-12-14-29(15-13-28)24-27-22-20(33-24)8-7-19(25)23(22)31-2/h3-8H,9-16H2,1-2H3,(H,26,30). The number of aromatic nitrogens is 1. The van der Waals surface area contributed by atoms with Gasteiger partial charge in [0.25, 0.3) is 0 Å². The highest BCUT2D eigenvalue weighted by Gasteiger charge is 2.21. The number of fused-ring (bicyclic) bond motifs is 1. The van der Waals surface area contributed by atoms with E-state index in [-0.39, 0.29) is 5.91 Å². The summed E-state index contributed by atoms with van der Waals surface area (Å²) < 4.78 is 6.52. The molecular weight excluding hydrogens is 476 g/mol. The second-order valence-corrected chi connectivity index (χ2v) is 10.6. The Balaban J connectivity index is 1.16. The van der Waals surface area contributed by atoms with Gasteiger partial charge in [-0.05, 0) is 31.2 Å². The first-order valence-corrected chi connectivity index (χ1v) is 13.3. The van der Waals surface area contributed by atoms with E-state index in [0.29, 0.717) is 23.7 Å². The lowest BCUT2D eigenvalue weighted by molar-refractivity contribution is -0.120. The number of piperazine rings is 1. The number of nitrogens with one attached hydrogen (secondary N) is 1. The number of thioether (sulfide) groups is 1. The van der Waals surface area contributed by atoms with Gasteiger partial charge in [-0.25, -0.2) is 4.98 Å². The summed E-state index contributed by atoms with van der Waals surface area (Å²) in [6.45, 7) is 7.36. The van der Waals surface area contributed by atoms with Crippen molar-refractivity contribution in [3.8, 4) is 5.75 Å². The molecule has 1 N–H and O–H groups in total. The number of rotatable bonds is 9. The van der Waals surface area contributed by atoms with Gasteiger partial charge in [0.1, 0.15) is 5.52 Å². The van der Waals surface area contributed by atoms with Gasteiger partial charge in [-0.1, -0.05) is 40.6 Å². The number of methoxy groups -OCH3 is 1. The predicted octanol–water partition coefficient (Wildman–Crippen LogP) is 4.69. The Bertz CT molecular complexity index is 1080. The SMILES string of the molecule is COc1c(Cl)ccc2sc(N3CCN(CCNC(=O)CCSc4ccc(C)cc4)CC3)nc12. The van der Waals surface area contributed by atoms with Crippen molar-refractivity contribution < 1.29 is 9.53 Å². The van der Waals surface area contributed by atoms with Gasteiger partial charge in [-0.15, -0.1) is 11.8 Å². The fraction of sp³-hybridized carbons (Fsp3) is 0.417. The second kappa shape index (κ2) is 11.4. The molecule has 1 saturated heterocycles. The summed E-state index contributed by atoms with van der Waals surface area (Å²) >= 11 is 9.63. The first-order chi connectivity index (χ1) is 16.0. The summed E-state index contributed by atoms with van der Waals surface area (Å²) in [4.78, 5) is 22.9.